The molecule has 6 atom stereocenters. The number of carboxylic acid groups (broad SMARTS) is 1. The van der Waals surface area contributed by atoms with E-state index in [1.54, 1.807) is 13.2 Å². The van der Waals surface area contributed by atoms with Crippen molar-refractivity contribution in [3.63, 3.8) is 0 Å². The number of rotatable bonds is 7. The van der Waals surface area contributed by atoms with Gasteiger partial charge in [-0.05, 0) is 51.1 Å². The molecule has 0 aromatic heterocycles. The summed E-state index contributed by atoms with van der Waals surface area (Å²) in [6, 6.07) is 3.67. The number of methoxy groups -OCH3 is 1. The summed E-state index contributed by atoms with van der Waals surface area (Å²) in [4.78, 5) is 37.7. The number of carboxylic acids is 1. The first-order valence-corrected chi connectivity index (χ1v) is 11.8. The summed E-state index contributed by atoms with van der Waals surface area (Å²) >= 11 is 0. The summed E-state index contributed by atoms with van der Waals surface area (Å²) in [6.07, 6.45) is -1.89. The maximum atomic E-state index is 12.9. The second-order valence-electron chi connectivity index (χ2n) is 9.90. The van der Waals surface area contributed by atoms with Gasteiger partial charge in [0.25, 0.3) is 0 Å². The summed E-state index contributed by atoms with van der Waals surface area (Å²) in [6.45, 7) is 1.98. The van der Waals surface area contributed by atoms with E-state index in [-0.39, 0.29) is 18.2 Å². The lowest BCUT2D eigenvalue weighted by molar-refractivity contribution is -0.178. The molecule has 4 aliphatic rings. The highest BCUT2D eigenvalue weighted by Gasteiger charge is 2.72. The van der Waals surface area contributed by atoms with Crippen molar-refractivity contribution in [2.75, 3.05) is 20.7 Å². The third kappa shape index (κ3) is 3.33. The highest BCUT2D eigenvalue weighted by molar-refractivity contribution is 5.84. The topological polar surface area (TPSA) is 152 Å². The fraction of sp³-hybridized carbons (Fsp3) is 0.560. The van der Waals surface area contributed by atoms with Crippen molar-refractivity contribution >= 4 is 17.9 Å². The minimum absolute atomic E-state index is 0.159. The molecule has 11 heteroatoms. The van der Waals surface area contributed by atoms with Crippen LogP contribution < -0.4 is 9.47 Å². The molecule has 194 valence electrons. The Kier molecular flexibility index (Phi) is 5.77. The summed E-state index contributed by atoms with van der Waals surface area (Å²) in [7, 11) is 3.53. The fourth-order valence-corrected chi connectivity index (χ4v) is 6.34. The molecule has 1 fully saturated rings. The first-order valence-electron chi connectivity index (χ1n) is 11.8. The smallest absolute Gasteiger partial charge is 0.352 e. The van der Waals surface area contributed by atoms with Crippen molar-refractivity contribution in [1.29, 1.82) is 0 Å². The number of benzene rings is 1. The van der Waals surface area contributed by atoms with Crippen LogP contribution in [0.4, 0.5) is 0 Å². The van der Waals surface area contributed by atoms with Crippen LogP contribution in [0, 0.1) is 0 Å². The van der Waals surface area contributed by atoms with E-state index in [4.69, 9.17) is 24.1 Å². The van der Waals surface area contributed by atoms with E-state index in [9.17, 15) is 24.6 Å². The number of carbonyl (C=O) groups is 3. The van der Waals surface area contributed by atoms with Gasteiger partial charge in [0, 0.05) is 18.0 Å². The summed E-state index contributed by atoms with van der Waals surface area (Å²) in [5.74, 6) is -2.28. The molecule has 5 rings (SSSR count). The van der Waals surface area contributed by atoms with Crippen LogP contribution in [-0.4, -0.2) is 88.8 Å². The lowest BCUT2D eigenvalue weighted by atomic mass is 9.50. The highest BCUT2D eigenvalue weighted by atomic mass is 16.6. The number of likely N-dealkylation sites (N-methyl/N-ethyl adjacent to an activating group) is 1. The van der Waals surface area contributed by atoms with Crippen LogP contribution in [0.1, 0.15) is 37.3 Å². The minimum atomic E-state index is -1.91. The number of carbonyl (C=O) groups excluding carboxylic acids is 2. The molecule has 0 unspecified atom stereocenters. The Bertz CT molecular complexity index is 1160. The minimum Gasteiger partial charge on any atom is -0.493 e. The molecule has 2 aliphatic carbocycles. The van der Waals surface area contributed by atoms with Gasteiger partial charge in [0.1, 0.15) is 5.76 Å². The zero-order chi connectivity index (χ0) is 26.0. The van der Waals surface area contributed by atoms with Gasteiger partial charge in [-0.15, -0.1) is 0 Å². The molecule has 2 bridgehead atoms. The first kappa shape index (κ1) is 24.5. The predicted molar refractivity (Wildman–Crippen MR) is 121 cm³/mol. The monoisotopic (exact) mass is 503 g/mol. The van der Waals surface area contributed by atoms with Crippen molar-refractivity contribution in [2.45, 2.75) is 68.0 Å². The van der Waals surface area contributed by atoms with Crippen LogP contribution >= 0.6 is 0 Å². The summed E-state index contributed by atoms with van der Waals surface area (Å²) in [5, 5.41) is 30.5. The molecule has 1 spiro atoms. The molecular formula is C25H29NO10. The second kappa shape index (κ2) is 8.46. The third-order valence-electron chi connectivity index (χ3n) is 8.04. The van der Waals surface area contributed by atoms with E-state index in [0.717, 1.165) is 11.1 Å². The Balaban J connectivity index is 1.45. The molecular weight excluding hydrogens is 474 g/mol. The average Bonchev–Trinajstić information content (AvgIpc) is 3.18. The van der Waals surface area contributed by atoms with Crippen LogP contribution in [0.15, 0.2) is 24.0 Å². The molecule has 1 saturated heterocycles. The molecule has 2 aliphatic heterocycles. The summed E-state index contributed by atoms with van der Waals surface area (Å²) < 4.78 is 22.5. The molecule has 11 nitrogen and oxygen atoms in total. The van der Waals surface area contributed by atoms with E-state index >= 15 is 0 Å². The molecule has 3 N–H and O–H groups in total. The van der Waals surface area contributed by atoms with Crippen LogP contribution in [0.2, 0.25) is 0 Å². The number of likely N-dealkylation sites (tertiary alicyclic amines) is 1. The number of aliphatic hydroxyl groups is 2. The molecule has 0 amide bonds. The Morgan fingerprint density at radius 1 is 1.28 bits per heavy atom. The van der Waals surface area contributed by atoms with Crippen LogP contribution in [0.5, 0.6) is 11.5 Å². The molecule has 2 heterocycles. The quantitative estimate of drug-likeness (QED) is 0.440. The van der Waals surface area contributed by atoms with Crippen molar-refractivity contribution < 1.29 is 48.7 Å². The molecule has 0 saturated carbocycles. The zero-order valence-corrected chi connectivity index (χ0v) is 20.2. The van der Waals surface area contributed by atoms with Crippen molar-refractivity contribution in [3.05, 3.63) is 35.1 Å². The van der Waals surface area contributed by atoms with Gasteiger partial charge in [-0.3, -0.25) is 4.79 Å². The Labute approximate surface area is 207 Å². The Hall–Kier alpha value is -3.15. The lowest BCUT2D eigenvalue weighted by Crippen LogP contribution is -2.74. The number of esters is 2. The van der Waals surface area contributed by atoms with E-state index in [2.05, 4.69) is 4.90 Å². The molecule has 1 aromatic carbocycles. The van der Waals surface area contributed by atoms with Crippen molar-refractivity contribution in [3.8, 4) is 11.5 Å². The van der Waals surface area contributed by atoms with Gasteiger partial charge in [-0.2, -0.15) is 0 Å². The Morgan fingerprint density at radius 2 is 2.03 bits per heavy atom. The number of hydrogen-bond donors (Lipinski definition) is 3. The van der Waals surface area contributed by atoms with Crippen molar-refractivity contribution in [1.82, 2.24) is 4.90 Å². The Morgan fingerprint density at radius 3 is 2.72 bits per heavy atom. The van der Waals surface area contributed by atoms with Crippen LogP contribution in [0.3, 0.4) is 0 Å². The molecule has 0 radical (unpaired) electrons. The zero-order valence-electron chi connectivity index (χ0n) is 20.2. The number of ether oxygens (including phenoxy) is 4. The van der Waals surface area contributed by atoms with E-state index < -0.39 is 53.7 Å². The van der Waals surface area contributed by atoms with Gasteiger partial charge in [0.15, 0.2) is 29.8 Å². The largest absolute Gasteiger partial charge is 0.493 e. The van der Waals surface area contributed by atoms with E-state index in [0.29, 0.717) is 30.9 Å². The third-order valence-corrected chi connectivity index (χ3v) is 8.04. The van der Waals surface area contributed by atoms with Gasteiger partial charge in [-0.25, -0.2) is 9.59 Å². The fourth-order valence-electron chi connectivity index (χ4n) is 6.34. The maximum Gasteiger partial charge on any atom is 0.352 e. The average molecular weight is 504 g/mol. The molecule has 36 heavy (non-hydrogen) atoms. The van der Waals surface area contributed by atoms with Gasteiger partial charge in [0.05, 0.1) is 24.5 Å². The highest BCUT2D eigenvalue weighted by Crippen LogP contribution is 2.65. The van der Waals surface area contributed by atoms with Crippen LogP contribution in [-0.2, 0) is 35.7 Å². The number of piperidine rings is 1. The van der Waals surface area contributed by atoms with E-state index in [1.807, 2.05) is 19.2 Å². The predicted octanol–water partition coefficient (Wildman–Crippen LogP) is 0.283. The normalized spacial score (nSPS) is 31.3. The number of aliphatic carboxylic acids is 1. The molecule has 1 aromatic rings. The number of hydrogen-bond acceptors (Lipinski definition) is 10. The second-order valence-corrected chi connectivity index (χ2v) is 9.90. The van der Waals surface area contributed by atoms with Gasteiger partial charge in [0.2, 0.25) is 0 Å². The van der Waals surface area contributed by atoms with Gasteiger partial charge < -0.3 is 39.2 Å². The number of nitrogens with zero attached hydrogens (tertiary/aromatic N) is 1. The maximum absolute atomic E-state index is 12.9. The van der Waals surface area contributed by atoms with Crippen LogP contribution in [0.25, 0.3) is 0 Å². The standard InChI is InChI=1S/C25H29NO10/c1-12(34-23(31)14(27)11-18(28)29)22(30)35-16-6-7-25(32)17-10-13-4-5-15(33-3)20-19(13)24(25,21(16)36-20)8-9-26(17)2/h4-6,12,14,17,21,27,32H,7-11H2,1-3H3,(H,28,29)/t12-,14-,17+,21-,24-,25+/m0/s1. The van der Waals surface area contributed by atoms with E-state index in [1.165, 1.54) is 6.92 Å². The lowest BCUT2D eigenvalue weighted by Gasteiger charge is -2.61. The first-order chi connectivity index (χ1) is 17.0. The van der Waals surface area contributed by atoms with Gasteiger partial charge >= 0.3 is 17.9 Å². The van der Waals surface area contributed by atoms with Gasteiger partial charge in [-0.1, -0.05) is 6.07 Å². The van der Waals surface area contributed by atoms with Crippen molar-refractivity contribution in [2.24, 2.45) is 0 Å². The summed E-state index contributed by atoms with van der Waals surface area (Å²) in [5.41, 5.74) is -0.0817. The SMILES string of the molecule is COc1ccc2c3c1O[C@H]1C(OC(=O)[C@H](C)OC(=O)[C@@H](O)CC(=O)O)=CC[C@@]4(O)[C@@H](C2)N(C)CC[C@]314. The number of aliphatic hydroxyl groups excluding tert-OH is 1.